The second-order valence-corrected chi connectivity index (χ2v) is 8.71. The first kappa shape index (κ1) is 19.9. The topological polar surface area (TPSA) is 61.5 Å². The lowest BCUT2D eigenvalue weighted by molar-refractivity contribution is 0.00973. The van der Waals surface area contributed by atoms with Crippen LogP contribution in [0.15, 0.2) is 47.6 Å². The highest BCUT2D eigenvalue weighted by Gasteiger charge is 2.23. The van der Waals surface area contributed by atoms with E-state index < -0.39 is 11.2 Å². The highest BCUT2D eigenvalue weighted by molar-refractivity contribution is 5.87. The van der Waals surface area contributed by atoms with E-state index in [-0.39, 0.29) is 6.08 Å². The summed E-state index contributed by atoms with van der Waals surface area (Å²) in [6, 6.07) is 11.8. The molecule has 0 bridgehead atoms. The van der Waals surface area contributed by atoms with Crippen molar-refractivity contribution in [1.29, 1.82) is 0 Å². The first-order valence-electron chi connectivity index (χ1n) is 9.39. The summed E-state index contributed by atoms with van der Waals surface area (Å²) in [6.45, 7) is 13.7. The Bertz CT molecular complexity index is 984. The van der Waals surface area contributed by atoms with E-state index in [1.807, 2.05) is 84.9 Å². The Morgan fingerprint density at radius 2 is 1.64 bits per heavy atom. The van der Waals surface area contributed by atoms with Crippen LogP contribution in [0.1, 0.15) is 47.2 Å². The van der Waals surface area contributed by atoms with Crippen molar-refractivity contribution in [3.05, 3.63) is 48.3 Å². The van der Waals surface area contributed by atoms with Gasteiger partial charge < -0.3 is 9.47 Å². The molecule has 0 amide bonds. The molecule has 0 aliphatic heterocycles. The van der Waals surface area contributed by atoms with Crippen molar-refractivity contribution in [2.45, 2.75) is 59.7 Å². The molecular weight excluding hydrogens is 352 g/mol. The van der Waals surface area contributed by atoms with E-state index in [1.54, 1.807) is 10.9 Å². The molecule has 6 nitrogen and oxygen atoms in total. The first-order valence-corrected chi connectivity index (χ1v) is 9.39. The van der Waals surface area contributed by atoms with Crippen LogP contribution in [-0.2, 0) is 9.47 Å². The summed E-state index contributed by atoms with van der Waals surface area (Å²) in [6.07, 6.45) is 2.01. The number of aliphatic imine (C=N–C) groups is 1. The number of benzene rings is 1. The van der Waals surface area contributed by atoms with Crippen molar-refractivity contribution >= 4 is 22.8 Å². The molecule has 0 aliphatic carbocycles. The number of rotatable bonds is 2. The lowest BCUT2D eigenvalue weighted by Crippen LogP contribution is -2.31. The number of ether oxygens (including phenoxy) is 2. The Morgan fingerprint density at radius 1 is 0.964 bits per heavy atom. The molecule has 3 rings (SSSR count). The number of pyridine rings is 1. The summed E-state index contributed by atoms with van der Waals surface area (Å²) in [5.41, 5.74) is 1.79. The summed E-state index contributed by atoms with van der Waals surface area (Å²) in [4.78, 5) is 9.12. The molecule has 148 valence electrons. The van der Waals surface area contributed by atoms with Crippen LogP contribution in [0.25, 0.3) is 16.6 Å². The quantitative estimate of drug-likeness (QED) is 0.444. The number of aryl methyl sites for hydroxylation is 1. The molecule has 2 aromatic heterocycles. The van der Waals surface area contributed by atoms with E-state index in [0.717, 1.165) is 22.3 Å². The molecule has 0 saturated carbocycles. The standard InChI is InChI=1S/C22H28N4O2/c1-15-14-19(24-20(27-21(2,3)4)28-22(5,6)7)26(25-15)18-12-8-11-17-16(18)10-9-13-23-17/h8-14H,1-7H3. The zero-order valence-corrected chi connectivity index (χ0v) is 17.6. The van der Waals surface area contributed by atoms with Crippen LogP contribution in [0.3, 0.4) is 0 Å². The zero-order valence-electron chi connectivity index (χ0n) is 17.6. The third-order valence-electron chi connectivity index (χ3n) is 3.66. The predicted molar refractivity (Wildman–Crippen MR) is 112 cm³/mol. The average Bonchev–Trinajstić information content (AvgIpc) is 2.91. The third-order valence-corrected chi connectivity index (χ3v) is 3.66. The second-order valence-electron chi connectivity index (χ2n) is 8.71. The molecule has 0 atom stereocenters. The van der Waals surface area contributed by atoms with Crippen molar-refractivity contribution in [2.24, 2.45) is 4.99 Å². The molecule has 3 aromatic rings. The maximum absolute atomic E-state index is 5.98. The van der Waals surface area contributed by atoms with Gasteiger partial charge in [0.05, 0.1) is 16.9 Å². The summed E-state index contributed by atoms with van der Waals surface area (Å²) in [5, 5.41) is 5.65. The van der Waals surface area contributed by atoms with E-state index in [1.165, 1.54) is 0 Å². The smallest absolute Gasteiger partial charge is 0.391 e. The van der Waals surface area contributed by atoms with Gasteiger partial charge in [-0.25, -0.2) is 4.68 Å². The minimum absolute atomic E-state index is 0.222. The number of nitrogens with zero attached hydrogens (tertiary/aromatic N) is 4. The maximum Gasteiger partial charge on any atom is 0.391 e. The SMILES string of the molecule is Cc1cc(N=C(OC(C)(C)C)OC(C)(C)C)n(-c2cccc3ncccc23)n1. The lowest BCUT2D eigenvalue weighted by atomic mass is 10.2. The molecule has 0 radical (unpaired) electrons. The molecule has 0 aliphatic rings. The summed E-state index contributed by atoms with van der Waals surface area (Å²) < 4.78 is 13.8. The van der Waals surface area contributed by atoms with Crippen LogP contribution in [-0.4, -0.2) is 32.1 Å². The Balaban J connectivity index is 2.13. The van der Waals surface area contributed by atoms with Gasteiger partial charge in [0.25, 0.3) is 0 Å². The fourth-order valence-corrected chi connectivity index (χ4v) is 2.70. The van der Waals surface area contributed by atoms with Gasteiger partial charge in [-0.15, -0.1) is 0 Å². The molecule has 0 spiro atoms. The number of hydrogen-bond donors (Lipinski definition) is 0. The van der Waals surface area contributed by atoms with Gasteiger partial charge in [-0.3, -0.25) is 4.98 Å². The number of aromatic nitrogens is 3. The summed E-state index contributed by atoms with van der Waals surface area (Å²) in [5.74, 6) is 0.636. The molecule has 0 unspecified atom stereocenters. The lowest BCUT2D eigenvalue weighted by Gasteiger charge is -2.27. The molecule has 0 N–H and O–H groups in total. The minimum Gasteiger partial charge on any atom is -0.445 e. The Labute approximate surface area is 166 Å². The van der Waals surface area contributed by atoms with E-state index in [9.17, 15) is 0 Å². The van der Waals surface area contributed by atoms with Crippen LogP contribution in [0, 0.1) is 6.92 Å². The molecule has 1 aromatic carbocycles. The van der Waals surface area contributed by atoms with E-state index in [4.69, 9.17) is 9.47 Å². The minimum atomic E-state index is -0.437. The fourth-order valence-electron chi connectivity index (χ4n) is 2.70. The van der Waals surface area contributed by atoms with Gasteiger partial charge in [-0.2, -0.15) is 10.1 Å². The molecule has 6 heteroatoms. The molecule has 0 saturated heterocycles. The van der Waals surface area contributed by atoms with Gasteiger partial charge in [0, 0.05) is 17.6 Å². The summed E-state index contributed by atoms with van der Waals surface area (Å²) in [7, 11) is 0. The molecule has 0 fully saturated rings. The normalized spacial score (nSPS) is 12.1. The van der Waals surface area contributed by atoms with Crippen molar-refractivity contribution in [3.8, 4) is 5.69 Å². The van der Waals surface area contributed by atoms with Crippen molar-refractivity contribution in [3.63, 3.8) is 0 Å². The fraction of sp³-hybridized carbons (Fsp3) is 0.409. The van der Waals surface area contributed by atoms with Crippen molar-refractivity contribution in [1.82, 2.24) is 14.8 Å². The van der Waals surface area contributed by atoms with Crippen LogP contribution in [0.4, 0.5) is 5.82 Å². The first-order chi connectivity index (χ1) is 13.0. The molecular formula is C22H28N4O2. The van der Waals surface area contributed by atoms with Crippen molar-refractivity contribution in [2.75, 3.05) is 0 Å². The van der Waals surface area contributed by atoms with E-state index in [2.05, 4.69) is 15.1 Å². The highest BCUT2D eigenvalue weighted by Crippen LogP contribution is 2.27. The Hall–Kier alpha value is -2.89. The van der Waals surface area contributed by atoms with Gasteiger partial charge in [-0.1, -0.05) is 6.07 Å². The van der Waals surface area contributed by atoms with Crippen LogP contribution >= 0.6 is 0 Å². The monoisotopic (exact) mass is 380 g/mol. The zero-order chi connectivity index (χ0) is 20.5. The molecule has 28 heavy (non-hydrogen) atoms. The van der Waals surface area contributed by atoms with Crippen molar-refractivity contribution < 1.29 is 9.47 Å². The van der Waals surface area contributed by atoms with E-state index >= 15 is 0 Å². The molecule has 2 heterocycles. The van der Waals surface area contributed by atoms with Gasteiger partial charge in [0.2, 0.25) is 0 Å². The van der Waals surface area contributed by atoms with Crippen LogP contribution in [0.2, 0.25) is 0 Å². The largest absolute Gasteiger partial charge is 0.445 e. The third kappa shape index (κ3) is 4.88. The maximum atomic E-state index is 5.98. The summed E-state index contributed by atoms with van der Waals surface area (Å²) >= 11 is 0. The average molecular weight is 380 g/mol. The van der Waals surface area contributed by atoms with Crippen LogP contribution < -0.4 is 0 Å². The Morgan fingerprint density at radius 3 is 2.29 bits per heavy atom. The highest BCUT2D eigenvalue weighted by atomic mass is 16.7. The van der Waals surface area contributed by atoms with Gasteiger partial charge in [0.15, 0.2) is 5.82 Å². The van der Waals surface area contributed by atoms with Crippen LogP contribution in [0.5, 0.6) is 0 Å². The number of hydrogen-bond acceptors (Lipinski definition) is 5. The van der Waals surface area contributed by atoms with Gasteiger partial charge in [0.1, 0.15) is 11.2 Å². The predicted octanol–water partition coefficient (Wildman–Crippen LogP) is 5.35. The van der Waals surface area contributed by atoms with Gasteiger partial charge in [-0.05, 0) is 72.7 Å². The van der Waals surface area contributed by atoms with E-state index in [0.29, 0.717) is 5.82 Å². The van der Waals surface area contributed by atoms with Gasteiger partial charge >= 0.3 is 6.08 Å². The second kappa shape index (κ2) is 7.26. The number of fused-ring (bicyclic) bond motifs is 1. The Kier molecular flexibility index (Phi) is 5.15.